The van der Waals surface area contributed by atoms with E-state index in [-0.39, 0.29) is 11.5 Å². The average Bonchev–Trinajstić information content (AvgIpc) is 2.95. The number of rotatable bonds is 5. The fraction of sp³-hybridized carbons (Fsp3) is 0.353. The fourth-order valence-electron chi connectivity index (χ4n) is 2.17. The lowest BCUT2D eigenvalue weighted by Crippen LogP contribution is -2.36. The number of amides is 1. The van der Waals surface area contributed by atoms with Gasteiger partial charge in [-0.15, -0.1) is 0 Å². The van der Waals surface area contributed by atoms with Gasteiger partial charge in [0.15, 0.2) is 17.8 Å². The minimum absolute atomic E-state index is 0.0808. The van der Waals surface area contributed by atoms with Crippen LogP contribution in [0.4, 0.5) is 4.79 Å². The number of alkyl carbamates (subject to hydrolysis) is 1. The van der Waals surface area contributed by atoms with Crippen molar-refractivity contribution in [1.82, 2.24) is 10.3 Å². The van der Waals surface area contributed by atoms with Gasteiger partial charge in [0.25, 0.3) is 0 Å². The second-order valence-electron chi connectivity index (χ2n) is 6.26. The highest BCUT2D eigenvalue weighted by atomic mass is 16.6. The van der Waals surface area contributed by atoms with Gasteiger partial charge in [0.05, 0.1) is 6.04 Å². The second kappa shape index (κ2) is 7.16. The van der Waals surface area contributed by atoms with Crippen LogP contribution in [0.5, 0.6) is 0 Å². The van der Waals surface area contributed by atoms with Crippen LogP contribution in [0, 0.1) is 0 Å². The van der Waals surface area contributed by atoms with Gasteiger partial charge >= 0.3 is 12.1 Å². The molecule has 2 aromatic rings. The lowest BCUT2D eigenvalue weighted by molar-refractivity contribution is 0.0493. The summed E-state index contributed by atoms with van der Waals surface area (Å²) in [7, 11) is 0. The molecule has 2 rings (SSSR count). The Morgan fingerprint density at radius 3 is 2.54 bits per heavy atom. The lowest BCUT2D eigenvalue weighted by atomic mass is 10.0. The van der Waals surface area contributed by atoms with Crippen LogP contribution in [0.2, 0.25) is 0 Å². The Hall–Kier alpha value is -2.83. The molecular weight excluding hydrogens is 312 g/mol. The molecule has 0 spiro atoms. The summed E-state index contributed by atoms with van der Waals surface area (Å²) in [6.07, 6.45) is 0.736. The van der Waals surface area contributed by atoms with E-state index in [1.165, 1.54) is 0 Å². The number of ether oxygens (including phenoxy) is 1. The molecule has 0 fully saturated rings. The maximum absolute atomic E-state index is 12.1. The first-order chi connectivity index (χ1) is 11.3. The first-order valence-electron chi connectivity index (χ1n) is 7.46. The van der Waals surface area contributed by atoms with E-state index in [4.69, 9.17) is 9.15 Å². The van der Waals surface area contributed by atoms with Crippen molar-refractivity contribution in [3.63, 3.8) is 0 Å². The summed E-state index contributed by atoms with van der Waals surface area (Å²) >= 11 is 0. The maximum atomic E-state index is 12.1. The summed E-state index contributed by atoms with van der Waals surface area (Å²) in [5.74, 6) is -1.14. The van der Waals surface area contributed by atoms with Crippen molar-refractivity contribution in [3.8, 4) is 0 Å². The van der Waals surface area contributed by atoms with Gasteiger partial charge in [0.2, 0.25) is 0 Å². The Kier molecular flexibility index (Phi) is 5.23. The molecule has 0 aliphatic carbocycles. The van der Waals surface area contributed by atoms with E-state index >= 15 is 0 Å². The molecule has 1 atom stereocenters. The van der Waals surface area contributed by atoms with Gasteiger partial charge in [-0.2, -0.15) is 0 Å². The Balaban J connectivity index is 2.26. The number of oxazole rings is 1. The molecule has 1 heterocycles. The molecule has 128 valence electrons. The van der Waals surface area contributed by atoms with Crippen LogP contribution >= 0.6 is 0 Å². The molecule has 24 heavy (non-hydrogen) atoms. The maximum Gasteiger partial charge on any atom is 0.408 e. The molecule has 0 saturated heterocycles. The number of nitrogens with one attached hydrogen (secondary N) is 1. The first-order valence-corrected chi connectivity index (χ1v) is 7.46. The van der Waals surface area contributed by atoms with Gasteiger partial charge in [0.1, 0.15) is 5.60 Å². The summed E-state index contributed by atoms with van der Waals surface area (Å²) in [6.45, 7) is 5.24. The number of hydrogen-bond donors (Lipinski definition) is 2. The zero-order valence-electron chi connectivity index (χ0n) is 13.8. The predicted octanol–water partition coefficient (Wildman–Crippen LogP) is 3.18. The molecule has 2 N–H and O–H groups in total. The van der Waals surface area contributed by atoms with E-state index in [0.29, 0.717) is 6.42 Å². The monoisotopic (exact) mass is 332 g/mol. The van der Waals surface area contributed by atoms with Gasteiger partial charge in [-0.1, -0.05) is 30.3 Å². The minimum atomic E-state index is -1.22. The molecular formula is C17H20N2O5. The number of nitrogens with zero attached hydrogens (tertiary/aromatic N) is 1. The summed E-state index contributed by atoms with van der Waals surface area (Å²) in [4.78, 5) is 27.1. The number of carboxylic acid groups (broad SMARTS) is 1. The van der Waals surface area contributed by atoms with Crippen molar-refractivity contribution in [3.05, 3.63) is 53.7 Å². The Bertz CT molecular complexity index is 703. The van der Waals surface area contributed by atoms with E-state index in [1.807, 2.05) is 30.3 Å². The quantitative estimate of drug-likeness (QED) is 0.872. The number of carbonyl (C=O) groups excluding carboxylic acids is 1. The summed E-state index contributed by atoms with van der Waals surface area (Å²) < 4.78 is 10.5. The Morgan fingerprint density at radius 1 is 1.29 bits per heavy atom. The predicted molar refractivity (Wildman–Crippen MR) is 85.7 cm³/mol. The van der Waals surface area contributed by atoms with Crippen LogP contribution < -0.4 is 5.32 Å². The van der Waals surface area contributed by atoms with E-state index in [9.17, 15) is 14.7 Å². The highest BCUT2D eigenvalue weighted by Crippen LogP contribution is 2.22. The third-order valence-corrected chi connectivity index (χ3v) is 3.09. The van der Waals surface area contributed by atoms with Gasteiger partial charge in [-0.05, 0) is 26.3 Å². The molecule has 1 amide bonds. The number of benzene rings is 1. The van der Waals surface area contributed by atoms with E-state index < -0.39 is 23.7 Å². The third-order valence-electron chi connectivity index (χ3n) is 3.09. The average molecular weight is 332 g/mol. The smallest absolute Gasteiger partial charge is 0.408 e. The van der Waals surface area contributed by atoms with Gasteiger partial charge < -0.3 is 19.6 Å². The van der Waals surface area contributed by atoms with Crippen LogP contribution in [-0.4, -0.2) is 27.8 Å². The van der Waals surface area contributed by atoms with Crippen LogP contribution in [0.1, 0.15) is 48.6 Å². The van der Waals surface area contributed by atoms with Crippen LogP contribution in [0.25, 0.3) is 0 Å². The molecule has 0 bridgehead atoms. The third kappa shape index (κ3) is 4.84. The van der Waals surface area contributed by atoms with Crippen molar-refractivity contribution in [2.24, 2.45) is 0 Å². The summed E-state index contributed by atoms with van der Waals surface area (Å²) in [5, 5.41) is 11.9. The van der Waals surface area contributed by atoms with Crippen LogP contribution in [0.3, 0.4) is 0 Å². The molecule has 0 aliphatic heterocycles. The topological polar surface area (TPSA) is 102 Å². The fourth-order valence-corrected chi connectivity index (χ4v) is 2.17. The SMILES string of the molecule is CC(C)(C)OC(=O)N[C@@H](Cc1ccccc1)c1ocnc1C(=O)O. The van der Waals surface area contributed by atoms with Crippen molar-refractivity contribution in [2.45, 2.75) is 38.8 Å². The number of carboxylic acids is 1. The molecule has 1 aromatic carbocycles. The van der Waals surface area contributed by atoms with Gasteiger partial charge in [-0.25, -0.2) is 14.6 Å². The first kappa shape index (κ1) is 17.5. The van der Waals surface area contributed by atoms with Crippen molar-refractivity contribution < 1.29 is 23.8 Å². The zero-order valence-corrected chi connectivity index (χ0v) is 13.8. The molecule has 0 aliphatic rings. The molecule has 7 nitrogen and oxygen atoms in total. The molecule has 0 radical (unpaired) electrons. The lowest BCUT2D eigenvalue weighted by Gasteiger charge is -2.23. The normalized spacial score (nSPS) is 12.5. The van der Waals surface area contributed by atoms with E-state index in [0.717, 1.165) is 12.0 Å². The molecule has 1 aromatic heterocycles. The summed E-state index contributed by atoms with van der Waals surface area (Å²) in [6, 6.07) is 8.63. The largest absolute Gasteiger partial charge is 0.476 e. The number of aromatic carboxylic acids is 1. The van der Waals surface area contributed by atoms with E-state index in [2.05, 4.69) is 10.3 Å². The van der Waals surface area contributed by atoms with Gasteiger partial charge in [0, 0.05) is 6.42 Å². The molecule has 7 heteroatoms. The highest BCUT2D eigenvalue weighted by Gasteiger charge is 2.28. The number of carbonyl (C=O) groups is 2. The van der Waals surface area contributed by atoms with E-state index in [1.54, 1.807) is 20.8 Å². The molecule has 0 unspecified atom stereocenters. The Morgan fingerprint density at radius 2 is 1.96 bits per heavy atom. The van der Waals surface area contributed by atoms with Crippen molar-refractivity contribution in [2.75, 3.05) is 0 Å². The van der Waals surface area contributed by atoms with Crippen molar-refractivity contribution in [1.29, 1.82) is 0 Å². The Labute approximate surface area is 139 Å². The zero-order chi connectivity index (χ0) is 17.7. The van der Waals surface area contributed by atoms with Gasteiger partial charge in [-0.3, -0.25) is 0 Å². The molecule has 0 saturated carbocycles. The summed E-state index contributed by atoms with van der Waals surface area (Å²) in [5.41, 5.74) is 0.0107. The second-order valence-corrected chi connectivity index (χ2v) is 6.26. The number of aromatic nitrogens is 1. The standard InChI is InChI=1S/C17H20N2O5/c1-17(2,3)24-16(22)19-12(9-11-7-5-4-6-8-11)14-13(15(20)21)18-10-23-14/h4-8,10,12H,9H2,1-3H3,(H,19,22)(H,20,21)/t12-/m0/s1. The minimum Gasteiger partial charge on any atom is -0.476 e. The van der Waals surface area contributed by atoms with Crippen molar-refractivity contribution >= 4 is 12.1 Å². The van der Waals surface area contributed by atoms with Crippen LogP contribution in [-0.2, 0) is 11.2 Å². The number of hydrogen-bond acceptors (Lipinski definition) is 5. The van der Waals surface area contributed by atoms with Crippen LogP contribution in [0.15, 0.2) is 41.1 Å². The highest BCUT2D eigenvalue weighted by molar-refractivity contribution is 5.86.